The summed E-state index contributed by atoms with van der Waals surface area (Å²) in [5.41, 5.74) is 0.208. The summed E-state index contributed by atoms with van der Waals surface area (Å²) < 4.78 is 43.0. The molecule has 1 atom stereocenters. The Bertz CT molecular complexity index is 755. The van der Waals surface area contributed by atoms with Gasteiger partial charge in [-0.2, -0.15) is 4.31 Å². The Balaban J connectivity index is 1.73. The van der Waals surface area contributed by atoms with Crippen LogP contribution in [-0.2, 0) is 19.5 Å². The number of nitrogens with one attached hydrogen (secondary N) is 1. The minimum Gasteiger partial charge on any atom is -0.496 e. The van der Waals surface area contributed by atoms with Crippen LogP contribution in [0.2, 0.25) is 0 Å². The van der Waals surface area contributed by atoms with Crippen LogP contribution in [0.1, 0.15) is 29.6 Å². The van der Waals surface area contributed by atoms with Gasteiger partial charge in [0.15, 0.2) is 0 Å². The first-order chi connectivity index (χ1) is 13.0. The van der Waals surface area contributed by atoms with E-state index in [1.54, 1.807) is 0 Å². The smallest absolute Gasteiger partial charge is 0.255 e. The number of carbonyl (C=O) groups is 1. The molecule has 0 bridgehead atoms. The van der Waals surface area contributed by atoms with Crippen LogP contribution < -0.4 is 10.1 Å². The van der Waals surface area contributed by atoms with Crippen LogP contribution in [0.4, 0.5) is 0 Å². The van der Waals surface area contributed by atoms with Crippen molar-refractivity contribution in [2.24, 2.45) is 0 Å². The van der Waals surface area contributed by atoms with E-state index in [9.17, 15) is 13.2 Å². The minimum atomic E-state index is -3.68. The van der Waals surface area contributed by atoms with E-state index in [-0.39, 0.29) is 22.5 Å². The van der Waals surface area contributed by atoms with Crippen LogP contribution in [0.5, 0.6) is 5.75 Å². The molecule has 9 heteroatoms. The van der Waals surface area contributed by atoms with Crippen molar-refractivity contribution in [3.63, 3.8) is 0 Å². The van der Waals surface area contributed by atoms with Gasteiger partial charge in [-0.1, -0.05) is 0 Å². The molecule has 0 radical (unpaired) electrons. The number of sulfonamides is 1. The van der Waals surface area contributed by atoms with Crippen molar-refractivity contribution < 1.29 is 27.4 Å². The first-order valence-corrected chi connectivity index (χ1v) is 10.6. The molecule has 0 spiro atoms. The normalized spacial score (nSPS) is 21.1. The van der Waals surface area contributed by atoms with Crippen LogP contribution in [0, 0.1) is 0 Å². The highest BCUT2D eigenvalue weighted by atomic mass is 32.2. The molecule has 0 saturated carbocycles. The molecule has 0 aromatic heterocycles. The summed E-state index contributed by atoms with van der Waals surface area (Å²) in [6.07, 6.45) is 2.97. The van der Waals surface area contributed by atoms with Crippen molar-refractivity contribution in [3.05, 3.63) is 23.8 Å². The molecule has 150 valence electrons. The molecule has 1 N–H and O–H groups in total. The fourth-order valence-electron chi connectivity index (χ4n) is 3.27. The summed E-state index contributed by atoms with van der Waals surface area (Å²) >= 11 is 0. The van der Waals surface area contributed by atoms with Crippen LogP contribution in [0.25, 0.3) is 0 Å². The van der Waals surface area contributed by atoms with E-state index in [4.69, 9.17) is 14.2 Å². The number of hydrogen-bond acceptors (Lipinski definition) is 6. The number of nitrogens with zero attached hydrogens (tertiary/aromatic N) is 1. The standard InChI is InChI=1S/C18H26N2O6S/c1-24-17-5-4-15(27(22,23)20-8-11-25-12-9-20)13-16(17)18(21)19-7-6-14-3-2-10-26-14/h4-5,13-14H,2-3,6-12H2,1H3,(H,19,21). The van der Waals surface area contributed by atoms with E-state index in [0.717, 1.165) is 25.9 Å². The number of rotatable bonds is 7. The average molecular weight is 398 g/mol. The number of carbonyl (C=O) groups excluding carboxylic acids is 1. The highest BCUT2D eigenvalue weighted by Gasteiger charge is 2.28. The van der Waals surface area contributed by atoms with Gasteiger partial charge < -0.3 is 19.5 Å². The third-order valence-electron chi connectivity index (χ3n) is 4.80. The molecular formula is C18H26N2O6S. The molecule has 1 amide bonds. The van der Waals surface area contributed by atoms with E-state index < -0.39 is 10.0 Å². The highest BCUT2D eigenvalue weighted by molar-refractivity contribution is 7.89. The molecule has 1 aromatic carbocycles. The summed E-state index contributed by atoms with van der Waals surface area (Å²) in [5.74, 6) is -0.0191. The van der Waals surface area contributed by atoms with Crippen LogP contribution in [0.15, 0.2) is 23.1 Å². The number of morpholine rings is 1. The lowest BCUT2D eigenvalue weighted by Crippen LogP contribution is -2.40. The molecule has 2 fully saturated rings. The van der Waals surface area contributed by atoms with Crippen molar-refractivity contribution in [1.29, 1.82) is 0 Å². The van der Waals surface area contributed by atoms with E-state index in [1.165, 1.54) is 29.6 Å². The molecule has 8 nitrogen and oxygen atoms in total. The molecule has 3 rings (SSSR count). The Morgan fingerprint density at radius 3 is 2.74 bits per heavy atom. The van der Waals surface area contributed by atoms with Gasteiger partial charge in [-0.05, 0) is 37.5 Å². The maximum Gasteiger partial charge on any atom is 0.255 e. The van der Waals surface area contributed by atoms with E-state index >= 15 is 0 Å². The number of methoxy groups -OCH3 is 1. The molecule has 0 aliphatic carbocycles. The van der Waals surface area contributed by atoms with Crippen molar-refractivity contribution >= 4 is 15.9 Å². The van der Waals surface area contributed by atoms with Gasteiger partial charge in [-0.25, -0.2) is 8.42 Å². The first kappa shape index (κ1) is 20.1. The van der Waals surface area contributed by atoms with Gasteiger partial charge in [0.1, 0.15) is 5.75 Å². The van der Waals surface area contributed by atoms with Crippen molar-refractivity contribution in [2.45, 2.75) is 30.3 Å². The first-order valence-electron chi connectivity index (χ1n) is 9.18. The quantitative estimate of drug-likeness (QED) is 0.737. The fraction of sp³-hybridized carbons (Fsp3) is 0.611. The van der Waals surface area contributed by atoms with E-state index in [1.807, 2.05) is 0 Å². The van der Waals surface area contributed by atoms with Crippen LogP contribution >= 0.6 is 0 Å². The third-order valence-corrected chi connectivity index (χ3v) is 6.69. The second-order valence-corrected chi connectivity index (χ2v) is 8.50. The molecule has 1 unspecified atom stereocenters. The Kier molecular flexibility index (Phi) is 6.69. The molecule has 2 aliphatic heterocycles. The molecular weight excluding hydrogens is 372 g/mol. The van der Waals surface area contributed by atoms with Gasteiger partial charge in [0.05, 0.1) is 36.9 Å². The Labute approximate surface area is 159 Å². The number of ether oxygens (including phenoxy) is 3. The zero-order valence-corrected chi connectivity index (χ0v) is 16.3. The maximum absolute atomic E-state index is 12.8. The number of benzene rings is 1. The van der Waals surface area contributed by atoms with Gasteiger partial charge in [-0.15, -0.1) is 0 Å². The average Bonchev–Trinajstić information content (AvgIpc) is 3.21. The summed E-state index contributed by atoms with van der Waals surface area (Å²) in [7, 11) is -2.23. The van der Waals surface area contributed by atoms with Crippen LogP contribution in [-0.4, -0.2) is 71.3 Å². The van der Waals surface area contributed by atoms with Gasteiger partial charge >= 0.3 is 0 Å². The van der Waals surface area contributed by atoms with Crippen molar-refractivity contribution in [3.8, 4) is 5.75 Å². The minimum absolute atomic E-state index is 0.0782. The molecule has 2 heterocycles. The largest absolute Gasteiger partial charge is 0.496 e. The SMILES string of the molecule is COc1ccc(S(=O)(=O)N2CCOCC2)cc1C(=O)NCCC1CCCO1. The molecule has 1 aromatic rings. The monoisotopic (exact) mass is 398 g/mol. The van der Waals surface area contributed by atoms with Gasteiger partial charge in [0.2, 0.25) is 10.0 Å². The summed E-state index contributed by atoms with van der Waals surface area (Å²) in [5, 5.41) is 2.83. The highest BCUT2D eigenvalue weighted by Crippen LogP contribution is 2.25. The van der Waals surface area contributed by atoms with E-state index in [2.05, 4.69) is 5.32 Å². The molecule has 27 heavy (non-hydrogen) atoms. The van der Waals surface area contributed by atoms with Gasteiger partial charge in [0.25, 0.3) is 5.91 Å². The zero-order chi connectivity index (χ0) is 19.3. The Hall–Kier alpha value is -1.68. The molecule has 2 aliphatic rings. The summed E-state index contributed by atoms with van der Waals surface area (Å²) in [4.78, 5) is 12.7. The van der Waals surface area contributed by atoms with Crippen molar-refractivity contribution in [1.82, 2.24) is 9.62 Å². The second kappa shape index (κ2) is 9.01. The lowest BCUT2D eigenvalue weighted by molar-refractivity contribution is 0.0730. The van der Waals surface area contributed by atoms with Crippen molar-refractivity contribution in [2.75, 3.05) is 46.6 Å². The van der Waals surface area contributed by atoms with Gasteiger partial charge in [0, 0.05) is 26.2 Å². The topological polar surface area (TPSA) is 94.2 Å². The third kappa shape index (κ3) is 4.78. The number of amides is 1. The fourth-order valence-corrected chi connectivity index (χ4v) is 4.71. The number of hydrogen-bond donors (Lipinski definition) is 1. The predicted molar refractivity (Wildman–Crippen MR) is 98.5 cm³/mol. The van der Waals surface area contributed by atoms with Gasteiger partial charge in [-0.3, -0.25) is 4.79 Å². The maximum atomic E-state index is 12.8. The lowest BCUT2D eigenvalue weighted by atomic mass is 10.1. The summed E-state index contributed by atoms with van der Waals surface area (Å²) in [6, 6.07) is 4.36. The second-order valence-electron chi connectivity index (χ2n) is 6.56. The predicted octanol–water partition coefficient (Wildman–Crippen LogP) is 1.01. The van der Waals surface area contributed by atoms with Crippen LogP contribution in [0.3, 0.4) is 0 Å². The van der Waals surface area contributed by atoms with E-state index in [0.29, 0.717) is 38.6 Å². The summed E-state index contributed by atoms with van der Waals surface area (Å²) in [6.45, 7) is 2.58. The zero-order valence-electron chi connectivity index (χ0n) is 15.5. The Morgan fingerprint density at radius 1 is 1.30 bits per heavy atom. The Morgan fingerprint density at radius 2 is 2.07 bits per heavy atom. The molecule has 2 saturated heterocycles. The lowest BCUT2D eigenvalue weighted by Gasteiger charge is -2.26.